The molecular formula is C16H14N4O5. The van der Waals surface area contributed by atoms with Crippen molar-refractivity contribution in [2.45, 2.75) is 13.5 Å². The first-order chi connectivity index (χ1) is 12.1. The Morgan fingerprint density at radius 3 is 2.48 bits per heavy atom. The first-order valence-corrected chi connectivity index (χ1v) is 7.29. The predicted molar refractivity (Wildman–Crippen MR) is 83.5 cm³/mol. The number of hydrogen-bond acceptors (Lipinski definition) is 8. The lowest BCUT2D eigenvalue weighted by molar-refractivity contribution is 0.0600. The maximum Gasteiger partial charge on any atom is 0.337 e. The van der Waals surface area contributed by atoms with E-state index in [1.165, 1.54) is 31.4 Å². The second-order valence-corrected chi connectivity index (χ2v) is 5.09. The van der Waals surface area contributed by atoms with Crippen molar-refractivity contribution in [3.8, 4) is 11.5 Å². The van der Waals surface area contributed by atoms with E-state index in [0.29, 0.717) is 22.6 Å². The van der Waals surface area contributed by atoms with Gasteiger partial charge in [0.25, 0.3) is 5.91 Å². The number of benzene rings is 1. The molecule has 0 bridgehead atoms. The summed E-state index contributed by atoms with van der Waals surface area (Å²) in [6.07, 6.45) is 0. The highest BCUT2D eigenvalue weighted by atomic mass is 16.5. The van der Waals surface area contributed by atoms with Gasteiger partial charge in [-0.15, -0.1) is 0 Å². The third kappa shape index (κ3) is 3.71. The van der Waals surface area contributed by atoms with Crippen molar-refractivity contribution in [2.75, 3.05) is 7.11 Å². The Morgan fingerprint density at radius 1 is 1.12 bits per heavy atom. The number of nitrogens with one attached hydrogen (secondary N) is 1. The molecule has 1 N–H and O–H groups in total. The summed E-state index contributed by atoms with van der Waals surface area (Å²) >= 11 is 0. The molecule has 2 aromatic heterocycles. The first kappa shape index (κ1) is 16.4. The Labute approximate surface area is 142 Å². The summed E-state index contributed by atoms with van der Waals surface area (Å²) in [5.41, 5.74) is 1.21. The number of amides is 1. The molecule has 1 amide bonds. The number of rotatable bonds is 5. The Balaban J connectivity index is 1.61. The standard InChI is InChI=1S/C16H14N4O5/c1-9-7-12(19-24-9)14-18-13(25-20-14)8-17-15(21)10-3-5-11(6-4-10)16(22)23-2/h3-7H,8H2,1-2H3,(H,17,21). The average molecular weight is 342 g/mol. The third-order valence-electron chi connectivity index (χ3n) is 3.29. The molecule has 0 aliphatic rings. The van der Waals surface area contributed by atoms with Crippen molar-refractivity contribution in [1.82, 2.24) is 20.6 Å². The summed E-state index contributed by atoms with van der Waals surface area (Å²) in [4.78, 5) is 27.6. The van der Waals surface area contributed by atoms with Gasteiger partial charge in [0.15, 0.2) is 5.69 Å². The van der Waals surface area contributed by atoms with Crippen LogP contribution in [0.4, 0.5) is 0 Å². The Kier molecular flexibility index (Phi) is 4.55. The number of ether oxygens (including phenoxy) is 1. The number of carbonyl (C=O) groups excluding carboxylic acids is 2. The van der Waals surface area contributed by atoms with E-state index in [9.17, 15) is 9.59 Å². The summed E-state index contributed by atoms with van der Waals surface area (Å²) in [5, 5.41) is 10.2. The lowest BCUT2D eigenvalue weighted by Crippen LogP contribution is -2.23. The van der Waals surface area contributed by atoms with Gasteiger partial charge in [-0.1, -0.05) is 10.3 Å². The van der Waals surface area contributed by atoms with Crippen LogP contribution in [-0.2, 0) is 11.3 Å². The molecular weight excluding hydrogens is 328 g/mol. The molecule has 2 heterocycles. The van der Waals surface area contributed by atoms with Crippen LogP contribution in [-0.4, -0.2) is 34.3 Å². The van der Waals surface area contributed by atoms with Crippen LogP contribution in [0.3, 0.4) is 0 Å². The molecule has 1 aromatic carbocycles. The lowest BCUT2D eigenvalue weighted by atomic mass is 10.1. The van der Waals surface area contributed by atoms with Gasteiger partial charge in [0.05, 0.1) is 19.2 Å². The number of carbonyl (C=O) groups is 2. The van der Waals surface area contributed by atoms with Crippen molar-refractivity contribution >= 4 is 11.9 Å². The average Bonchev–Trinajstić information content (AvgIpc) is 3.28. The largest absolute Gasteiger partial charge is 0.465 e. The maximum absolute atomic E-state index is 12.1. The monoisotopic (exact) mass is 342 g/mol. The molecule has 0 atom stereocenters. The van der Waals surface area contributed by atoms with Gasteiger partial charge >= 0.3 is 5.97 Å². The van der Waals surface area contributed by atoms with E-state index in [1.807, 2.05) is 0 Å². The molecule has 25 heavy (non-hydrogen) atoms. The molecule has 3 rings (SSSR count). The molecule has 0 fully saturated rings. The molecule has 9 heteroatoms. The molecule has 0 aliphatic heterocycles. The van der Waals surface area contributed by atoms with Crippen molar-refractivity contribution in [2.24, 2.45) is 0 Å². The topological polar surface area (TPSA) is 120 Å². The van der Waals surface area contributed by atoms with Gasteiger partial charge < -0.3 is 19.1 Å². The van der Waals surface area contributed by atoms with Crippen LogP contribution >= 0.6 is 0 Å². The second-order valence-electron chi connectivity index (χ2n) is 5.09. The highest BCUT2D eigenvalue weighted by molar-refractivity contribution is 5.96. The zero-order valence-corrected chi connectivity index (χ0v) is 13.5. The number of aryl methyl sites for hydroxylation is 1. The Hall–Kier alpha value is -3.49. The number of aromatic nitrogens is 3. The van der Waals surface area contributed by atoms with Crippen molar-refractivity contribution in [1.29, 1.82) is 0 Å². The fourth-order valence-corrected chi connectivity index (χ4v) is 2.04. The number of methoxy groups -OCH3 is 1. The molecule has 0 aliphatic carbocycles. The van der Waals surface area contributed by atoms with E-state index < -0.39 is 5.97 Å². The minimum Gasteiger partial charge on any atom is -0.465 e. The molecule has 9 nitrogen and oxygen atoms in total. The van der Waals surface area contributed by atoms with Gasteiger partial charge in [-0.3, -0.25) is 4.79 Å². The van der Waals surface area contributed by atoms with E-state index in [1.54, 1.807) is 13.0 Å². The Bertz CT molecular complexity index is 897. The Morgan fingerprint density at radius 2 is 1.84 bits per heavy atom. The van der Waals surface area contributed by atoms with Gasteiger partial charge in [0.2, 0.25) is 11.7 Å². The van der Waals surface area contributed by atoms with E-state index in [-0.39, 0.29) is 24.2 Å². The summed E-state index contributed by atoms with van der Waals surface area (Å²) in [6.45, 7) is 1.81. The highest BCUT2D eigenvalue weighted by Gasteiger charge is 2.14. The van der Waals surface area contributed by atoms with Gasteiger partial charge in [-0.05, 0) is 31.2 Å². The SMILES string of the molecule is COC(=O)c1ccc(C(=O)NCc2nc(-c3cc(C)on3)no2)cc1. The van der Waals surface area contributed by atoms with Crippen LogP contribution < -0.4 is 5.32 Å². The minimum atomic E-state index is -0.464. The van der Waals surface area contributed by atoms with Crippen molar-refractivity contribution in [3.63, 3.8) is 0 Å². The molecule has 0 radical (unpaired) electrons. The van der Waals surface area contributed by atoms with Crippen LogP contribution in [0.2, 0.25) is 0 Å². The minimum absolute atomic E-state index is 0.0570. The summed E-state index contributed by atoms with van der Waals surface area (Å²) in [5.74, 6) is 0.339. The van der Waals surface area contributed by atoms with Gasteiger partial charge in [0, 0.05) is 11.6 Å². The van der Waals surface area contributed by atoms with Crippen LogP contribution in [0, 0.1) is 6.92 Å². The number of esters is 1. The van der Waals surface area contributed by atoms with Crippen molar-refractivity contribution in [3.05, 3.63) is 53.1 Å². The maximum atomic E-state index is 12.1. The summed E-state index contributed by atoms with van der Waals surface area (Å²) in [6, 6.07) is 7.75. The predicted octanol–water partition coefficient (Wildman–Crippen LogP) is 1.75. The fraction of sp³-hybridized carbons (Fsp3) is 0.188. The zero-order valence-electron chi connectivity index (χ0n) is 13.5. The zero-order chi connectivity index (χ0) is 17.8. The quantitative estimate of drug-likeness (QED) is 0.696. The summed E-state index contributed by atoms with van der Waals surface area (Å²) in [7, 11) is 1.29. The molecule has 128 valence electrons. The summed E-state index contributed by atoms with van der Waals surface area (Å²) < 4.78 is 14.6. The molecule has 0 saturated heterocycles. The molecule has 3 aromatic rings. The van der Waals surface area contributed by atoms with Crippen LogP contribution in [0.1, 0.15) is 32.4 Å². The van der Waals surface area contributed by atoms with Crippen LogP contribution in [0.5, 0.6) is 0 Å². The first-order valence-electron chi connectivity index (χ1n) is 7.29. The van der Waals surface area contributed by atoms with Crippen molar-refractivity contribution < 1.29 is 23.4 Å². The van der Waals surface area contributed by atoms with Crippen LogP contribution in [0.25, 0.3) is 11.5 Å². The normalized spacial score (nSPS) is 10.5. The van der Waals surface area contributed by atoms with E-state index in [0.717, 1.165) is 0 Å². The lowest BCUT2D eigenvalue weighted by Gasteiger charge is -2.03. The van der Waals surface area contributed by atoms with Crippen LogP contribution in [0.15, 0.2) is 39.4 Å². The second kappa shape index (κ2) is 6.95. The molecule has 0 saturated carbocycles. The highest BCUT2D eigenvalue weighted by Crippen LogP contribution is 2.15. The molecule has 0 spiro atoms. The van der Waals surface area contributed by atoms with Gasteiger partial charge in [-0.2, -0.15) is 4.98 Å². The van der Waals surface area contributed by atoms with E-state index in [4.69, 9.17) is 9.05 Å². The fourth-order valence-electron chi connectivity index (χ4n) is 2.04. The molecule has 0 unspecified atom stereocenters. The van der Waals surface area contributed by atoms with Gasteiger partial charge in [0.1, 0.15) is 5.76 Å². The van der Waals surface area contributed by atoms with E-state index >= 15 is 0 Å². The smallest absolute Gasteiger partial charge is 0.337 e. The number of hydrogen-bond donors (Lipinski definition) is 1. The van der Waals surface area contributed by atoms with Gasteiger partial charge in [-0.25, -0.2) is 4.79 Å². The van der Waals surface area contributed by atoms with E-state index in [2.05, 4.69) is 25.4 Å². The third-order valence-corrected chi connectivity index (χ3v) is 3.29. The number of nitrogens with zero attached hydrogens (tertiary/aromatic N) is 3.